The summed E-state index contributed by atoms with van der Waals surface area (Å²) in [4.78, 5) is 25.7. The van der Waals surface area contributed by atoms with Crippen molar-refractivity contribution in [1.82, 2.24) is 15.0 Å². The normalized spacial score (nSPS) is 22.3. The number of anilines is 8. The lowest BCUT2D eigenvalue weighted by Gasteiger charge is -2.60. The van der Waals surface area contributed by atoms with Crippen molar-refractivity contribution in [3.05, 3.63) is 157 Å². The van der Waals surface area contributed by atoms with Gasteiger partial charge in [-0.05, 0) is 91.8 Å². The molecule has 2 aromatic heterocycles. The minimum absolute atomic E-state index is 0.0181. The monoisotopic (exact) mass is 723 g/mol. The van der Waals surface area contributed by atoms with Crippen molar-refractivity contribution in [3.8, 4) is 0 Å². The largest absolute Gasteiger partial charge is 0.316 e. The van der Waals surface area contributed by atoms with Crippen LogP contribution in [0.15, 0.2) is 140 Å². The second-order valence-electron chi connectivity index (χ2n) is 15.2. The maximum Gasteiger partial charge on any atom is 0.178 e. The first-order valence-corrected chi connectivity index (χ1v) is 19.9. The van der Waals surface area contributed by atoms with Crippen LogP contribution in [0.2, 0.25) is 0 Å². The molecule has 4 aromatic carbocycles. The predicted octanol–water partition coefficient (Wildman–Crippen LogP) is 11.9. The molecule has 0 fully saturated rings. The van der Waals surface area contributed by atoms with E-state index in [1.54, 1.807) is 0 Å². The first-order chi connectivity index (χ1) is 27.0. The van der Waals surface area contributed by atoms with E-state index in [0.717, 1.165) is 77.9 Å². The van der Waals surface area contributed by atoms with Crippen molar-refractivity contribution in [2.75, 3.05) is 19.6 Å². The van der Waals surface area contributed by atoms with Crippen LogP contribution < -0.4 is 19.6 Å². The fourth-order valence-electron chi connectivity index (χ4n) is 10.1. The second kappa shape index (κ2) is 13.7. The van der Waals surface area contributed by atoms with Gasteiger partial charge in [0.2, 0.25) is 0 Å². The van der Waals surface area contributed by atoms with Gasteiger partial charge in [-0.15, -0.1) is 0 Å². The molecule has 276 valence electrons. The van der Waals surface area contributed by atoms with Crippen molar-refractivity contribution in [2.24, 2.45) is 5.41 Å². The molecule has 7 nitrogen and oxygen atoms in total. The van der Waals surface area contributed by atoms with Gasteiger partial charge >= 0.3 is 0 Å². The molecule has 9 rings (SSSR count). The molecular weight excluding hydrogens is 675 g/mol. The van der Waals surface area contributed by atoms with Crippen LogP contribution in [0, 0.1) is 5.41 Å². The second-order valence-corrected chi connectivity index (χ2v) is 15.2. The summed E-state index contributed by atoms with van der Waals surface area (Å²) in [7, 11) is 0. The van der Waals surface area contributed by atoms with Crippen LogP contribution in [-0.4, -0.2) is 27.3 Å². The molecule has 0 saturated heterocycles. The maximum atomic E-state index is 5.32. The Labute approximate surface area is 325 Å². The average Bonchev–Trinajstić information content (AvgIpc) is 3.77. The van der Waals surface area contributed by atoms with Crippen LogP contribution in [0.3, 0.4) is 0 Å². The number of fused-ring (bicyclic) bond motifs is 6. The molecule has 4 unspecified atom stereocenters. The van der Waals surface area contributed by atoms with Crippen molar-refractivity contribution in [2.45, 2.75) is 77.5 Å². The Morgan fingerprint density at radius 2 is 1.29 bits per heavy atom. The summed E-state index contributed by atoms with van der Waals surface area (Å²) in [6.45, 7) is 13.7. The highest BCUT2D eigenvalue weighted by molar-refractivity contribution is 5.89. The third-order valence-corrected chi connectivity index (χ3v) is 13.0. The zero-order valence-corrected chi connectivity index (χ0v) is 32.3. The zero-order valence-electron chi connectivity index (χ0n) is 32.3. The van der Waals surface area contributed by atoms with Crippen molar-refractivity contribution in [1.29, 1.82) is 0 Å². The van der Waals surface area contributed by atoms with E-state index in [-0.39, 0.29) is 23.2 Å². The van der Waals surface area contributed by atoms with Crippen molar-refractivity contribution in [3.63, 3.8) is 0 Å². The number of nitrogens with zero attached hydrogens (tertiary/aromatic N) is 7. The Morgan fingerprint density at radius 3 is 1.98 bits per heavy atom. The Morgan fingerprint density at radius 1 is 0.636 bits per heavy atom. The minimum atomic E-state index is -0.233. The molecule has 55 heavy (non-hydrogen) atoms. The van der Waals surface area contributed by atoms with E-state index >= 15 is 0 Å². The molecular formula is C48H49N7. The highest BCUT2D eigenvalue weighted by atomic mass is 15.5. The summed E-state index contributed by atoms with van der Waals surface area (Å²) in [5.41, 5.74) is 8.81. The maximum absolute atomic E-state index is 5.32. The Kier molecular flexibility index (Phi) is 8.68. The van der Waals surface area contributed by atoms with Gasteiger partial charge in [0.1, 0.15) is 12.3 Å². The quantitative estimate of drug-likeness (QED) is 0.139. The topological polar surface area (TPSA) is 51.6 Å². The number of rotatable bonds is 10. The number of aromatic nitrogens is 3. The first-order valence-electron chi connectivity index (χ1n) is 19.9. The van der Waals surface area contributed by atoms with E-state index in [1.165, 1.54) is 16.9 Å². The van der Waals surface area contributed by atoms with Crippen LogP contribution in [0.25, 0.3) is 6.08 Å². The Hall–Kier alpha value is -5.95. The fraction of sp³-hybridized carbons (Fsp3) is 0.271. The van der Waals surface area contributed by atoms with Gasteiger partial charge in [-0.25, -0.2) is 15.0 Å². The lowest BCUT2D eigenvalue weighted by atomic mass is 9.52. The number of pyridine rings is 1. The molecule has 0 aliphatic carbocycles. The summed E-state index contributed by atoms with van der Waals surface area (Å²) < 4.78 is 0. The van der Waals surface area contributed by atoms with E-state index in [9.17, 15) is 0 Å². The van der Waals surface area contributed by atoms with E-state index in [2.05, 4.69) is 175 Å². The zero-order chi connectivity index (χ0) is 37.7. The first kappa shape index (κ1) is 34.8. The standard InChI is InChI=1S/C48H49N7/c1-6-34-21-16-18-27-39(34)54-42(53(37-24-14-11-15-25-37)45-44(54)50-33-35(7-2)51-45)30-31-48(9-4)46-52(36-22-12-10-13-23-36)41-29-20-32-49-43(41)55(46)40-28-19-17-26-38(40)47(48,5)8-3/h6,10-29,32-33,42,46H,1,7-9,30-31H2,2-5H3. The van der Waals surface area contributed by atoms with E-state index in [4.69, 9.17) is 15.0 Å². The van der Waals surface area contributed by atoms with E-state index < -0.39 is 0 Å². The molecule has 0 N–H and O–H groups in total. The number of aryl methyl sites for hydroxylation is 1. The molecule has 4 atom stereocenters. The van der Waals surface area contributed by atoms with Crippen LogP contribution in [0.5, 0.6) is 0 Å². The van der Waals surface area contributed by atoms with Gasteiger partial charge in [0, 0.05) is 34.1 Å². The molecule has 0 amide bonds. The predicted molar refractivity (Wildman–Crippen MR) is 227 cm³/mol. The Balaban J connectivity index is 1.26. The lowest BCUT2D eigenvalue weighted by Crippen LogP contribution is -2.63. The van der Waals surface area contributed by atoms with Gasteiger partial charge < -0.3 is 19.6 Å². The van der Waals surface area contributed by atoms with Gasteiger partial charge in [-0.2, -0.15) is 0 Å². The molecule has 0 spiro atoms. The summed E-state index contributed by atoms with van der Waals surface area (Å²) in [6, 6.07) is 43.7. The number of para-hydroxylation sites is 4. The van der Waals surface area contributed by atoms with E-state index in [1.807, 2.05) is 18.5 Å². The summed E-state index contributed by atoms with van der Waals surface area (Å²) in [5, 5.41) is 0. The molecule has 0 radical (unpaired) electrons. The third-order valence-electron chi connectivity index (χ3n) is 13.0. The molecule has 0 bridgehead atoms. The highest BCUT2D eigenvalue weighted by Crippen LogP contribution is 2.66. The number of hydrogen-bond acceptors (Lipinski definition) is 7. The van der Waals surface area contributed by atoms with Gasteiger partial charge in [-0.1, -0.05) is 113 Å². The summed E-state index contributed by atoms with van der Waals surface area (Å²) in [5.74, 6) is 2.79. The molecule has 3 aliphatic rings. The van der Waals surface area contributed by atoms with E-state index in [0.29, 0.717) is 0 Å². The smallest absolute Gasteiger partial charge is 0.178 e. The van der Waals surface area contributed by atoms with Crippen LogP contribution >= 0.6 is 0 Å². The number of hydrogen-bond donors (Lipinski definition) is 0. The van der Waals surface area contributed by atoms with Crippen molar-refractivity contribution >= 4 is 52.0 Å². The molecule has 6 aromatic rings. The summed E-state index contributed by atoms with van der Waals surface area (Å²) >= 11 is 0. The molecule has 0 saturated carbocycles. The third kappa shape index (κ3) is 5.12. The van der Waals surface area contributed by atoms with Crippen LogP contribution in [0.4, 0.5) is 45.9 Å². The number of benzene rings is 4. The molecule has 7 heteroatoms. The van der Waals surface area contributed by atoms with Gasteiger partial charge in [0.05, 0.1) is 23.3 Å². The van der Waals surface area contributed by atoms with Crippen molar-refractivity contribution < 1.29 is 0 Å². The highest BCUT2D eigenvalue weighted by Gasteiger charge is 2.63. The fourth-order valence-corrected chi connectivity index (χ4v) is 10.1. The Bertz CT molecular complexity index is 2340. The van der Waals surface area contributed by atoms with Gasteiger partial charge in [0.15, 0.2) is 17.5 Å². The molecule has 5 heterocycles. The SMILES string of the molecule is C=Cc1ccccc1N1c2ncc(CC)nc2N(c2ccccc2)C1CCC1(CC)C2N(c3ccccc3)c3cccnc3N2c2ccccc2C1(C)CC. The van der Waals surface area contributed by atoms with Crippen LogP contribution in [0.1, 0.15) is 70.2 Å². The van der Waals surface area contributed by atoms with Gasteiger partial charge in [0.25, 0.3) is 0 Å². The summed E-state index contributed by atoms with van der Waals surface area (Å²) in [6.07, 6.45) is 10.3. The lowest BCUT2D eigenvalue weighted by molar-refractivity contribution is 0.0591. The molecule has 3 aliphatic heterocycles. The minimum Gasteiger partial charge on any atom is -0.316 e. The van der Waals surface area contributed by atoms with Crippen LogP contribution in [-0.2, 0) is 11.8 Å². The van der Waals surface area contributed by atoms with Gasteiger partial charge in [-0.3, -0.25) is 0 Å². The average molecular weight is 724 g/mol.